The van der Waals surface area contributed by atoms with Crippen LogP contribution in [0.3, 0.4) is 0 Å². The monoisotopic (exact) mass is 534 g/mol. The highest BCUT2D eigenvalue weighted by Gasteiger charge is 2.28. The minimum atomic E-state index is -0.269. The highest BCUT2D eigenvalue weighted by atomic mass is 35.5. The van der Waals surface area contributed by atoms with Gasteiger partial charge >= 0.3 is 0 Å². The van der Waals surface area contributed by atoms with Crippen molar-refractivity contribution in [2.45, 2.75) is 31.2 Å². The van der Waals surface area contributed by atoms with Crippen LogP contribution in [0, 0.1) is 12.7 Å². The molecule has 0 unspecified atom stereocenters. The van der Waals surface area contributed by atoms with Gasteiger partial charge in [0, 0.05) is 40.0 Å². The third-order valence-corrected chi connectivity index (χ3v) is 7.86. The van der Waals surface area contributed by atoms with Gasteiger partial charge in [-0.3, -0.25) is 4.79 Å². The molecule has 0 fully saturated rings. The Hall–Kier alpha value is -3.29. The summed E-state index contributed by atoms with van der Waals surface area (Å²) in [6, 6.07) is 16.6. The molecule has 1 aromatic heterocycles. The summed E-state index contributed by atoms with van der Waals surface area (Å²) in [5, 5.41) is 4.15. The Morgan fingerprint density at radius 2 is 1.89 bits per heavy atom. The lowest BCUT2D eigenvalue weighted by Gasteiger charge is -2.31. The molecule has 37 heavy (non-hydrogen) atoms. The summed E-state index contributed by atoms with van der Waals surface area (Å²) in [5.41, 5.74) is 7.50. The van der Waals surface area contributed by atoms with E-state index in [1.54, 1.807) is 12.4 Å². The first-order valence-electron chi connectivity index (χ1n) is 12.2. The van der Waals surface area contributed by atoms with Crippen LogP contribution in [0.1, 0.15) is 32.9 Å². The summed E-state index contributed by atoms with van der Waals surface area (Å²) in [5.74, 6) is -0.251. The zero-order valence-corrected chi connectivity index (χ0v) is 22.3. The molecule has 8 heteroatoms. The number of thioether (sulfide) groups is 1. The molecule has 2 N–H and O–H groups in total. The number of anilines is 1. The number of amides is 1. The number of fused-ring (bicyclic) bond motifs is 1. The van der Waals surface area contributed by atoms with Gasteiger partial charge in [0.2, 0.25) is 0 Å². The van der Waals surface area contributed by atoms with Crippen LogP contribution in [0.15, 0.2) is 65.8 Å². The number of benzene rings is 3. The fourth-order valence-electron chi connectivity index (χ4n) is 4.76. The minimum absolute atomic E-state index is 0.0175. The van der Waals surface area contributed by atoms with Crippen LogP contribution >= 0.6 is 23.4 Å². The lowest BCUT2D eigenvalue weighted by molar-refractivity contribution is 0.0742. The highest BCUT2D eigenvalue weighted by Crippen LogP contribution is 2.38. The lowest BCUT2D eigenvalue weighted by atomic mass is 9.89. The van der Waals surface area contributed by atoms with Crippen molar-refractivity contribution < 1.29 is 9.18 Å². The Labute approximate surface area is 225 Å². The zero-order valence-electron chi connectivity index (χ0n) is 20.8. The number of carbonyl (C=O) groups is 1. The summed E-state index contributed by atoms with van der Waals surface area (Å²) < 4.78 is 14.0. The van der Waals surface area contributed by atoms with Crippen molar-refractivity contribution >= 4 is 35.0 Å². The van der Waals surface area contributed by atoms with Gasteiger partial charge in [0.1, 0.15) is 5.82 Å². The number of rotatable bonds is 8. The van der Waals surface area contributed by atoms with E-state index in [2.05, 4.69) is 21.4 Å². The molecule has 0 atom stereocenters. The second-order valence-corrected chi connectivity index (χ2v) is 10.4. The fourth-order valence-corrected chi connectivity index (χ4v) is 5.51. The van der Waals surface area contributed by atoms with E-state index in [0.29, 0.717) is 30.2 Å². The average molecular weight is 535 g/mol. The number of hydrogen-bond acceptors (Lipinski definition) is 4. The first kappa shape index (κ1) is 25.4. The largest absolute Gasteiger partial charge is 0.379 e. The van der Waals surface area contributed by atoms with Gasteiger partial charge in [0.15, 0.2) is 0 Å². The zero-order chi connectivity index (χ0) is 25.9. The molecule has 1 amide bonds. The number of nitrogens with one attached hydrogen (secondary N) is 2. The normalized spacial score (nSPS) is 13.1. The minimum Gasteiger partial charge on any atom is -0.379 e. The Morgan fingerprint density at radius 3 is 2.62 bits per heavy atom. The molecule has 2 heterocycles. The molecular weight excluding hydrogens is 507 g/mol. The van der Waals surface area contributed by atoms with Crippen LogP contribution in [0.5, 0.6) is 0 Å². The molecule has 0 radical (unpaired) electrons. The maximum atomic E-state index is 14.0. The predicted octanol–water partition coefficient (Wildman–Crippen LogP) is 6.75. The third kappa shape index (κ3) is 5.53. The van der Waals surface area contributed by atoms with Crippen molar-refractivity contribution in [3.63, 3.8) is 0 Å². The Morgan fingerprint density at radius 1 is 1.11 bits per heavy atom. The third-order valence-electron chi connectivity index (χ3n) is 6.83. The Kier molecular flexibility index (Phi) is 7.53. The number of halogens is 2. The topological polar surface area (TPSA) is 61.0 Å². The van der Waals surface area contributed by atoms with E-state index in [-0.39, 0.29) is 11.7 Å². The average Bonchev–Trinajstić information content (AvgIpc) is 3.32. The second kappa shape index (κ2) is 11.0. The fraction of sp³-hybridized carbons (Fsp3) is 0.241. The number of aromatic nitrogens is 2. The van der Waals surface area contributed by atoms with Crippen molar-refractivity contribution in [1.82, 2.24) is 14.9 Å². The lowest BCUT2D eigenvalue weighted by Crippen LogP contribution is -2.39. The number of H-pyrrole nitrogens is 1. The maximum absolute atomic E-state index is 14.0. The molecule has 5 nitrogen and oxygen atoms in total. The quantitative estimate of drug-likeness (QED) is 0.245. The SMILES string of the molecule is CSc1cc(F)ccc1-c1cc(NCc2nc[nH]c2C)cc2c1CCN(CCc1ccc(Cl)cc1)C2=O. The van der Waals surface area contributed by atoms with Crippen molar-refractivity contribution in [1.29, 1.82) is 0 Å². The Bertz CT molecular complexity index is 1440. The van der Waals surface area contributed by atoms with Gasteiger partial charge in [0.25, 0.3) is 5.91 Å². The molecule has 3 aromatic carbocycles. The Balaban J connectivity index is 1.49. The number of hydrogen-bond donors (Lipinski definition) is 2. The van der Waals surface area contributed by atoms with E-state index in [1.165, 1.54) is 17.8 Å². The van der Waals surface area contributed by atoms with E-state index in [0.717, 1.165) is 57.1 Å². The molecule has 1 aliphatic heterocycles. The van der Waals surface area contributed by atoms with Crippen LogP contribution in [-0.2, 0) is 19.4 Å². The highest BCUT2D eigenvalue weighted by molar-refractivity contribution is 7.98. The van der Waals surface area contributed by atoms with Crippen LogP contribution in [0.25, 0.3) is 11.1 Å². The molecule has 0 saturated carbocycles. The van der Waals surface area contributed by atoms with Gasteiger partial charge in [-0.05, 0) is 84.7 Å². The van der Waals surface area contributed by atoms with E-state index in [9.17, 15) is 9.18 Å². The molecule has 0 aliphatic carbocycles. The van der Waals surface area contributed by atoms with E-state index >= 15 is 0 Å². The van der Waals surface area contributed by atoms with E-state index < -0.39 is 0 Å². The standard InChI is InChI=1S/C29H28ClFN4OS/c1-18-27(34-17-33-18)16-32-22-14-25(24-8-7-21(31)13-28(24)37-2)23-10-12-35(29(36)26(23)15-22)11-9-19-3-5-20(30)6-4-19/h3-8,13-15,17,32H,9-12,16H2,1-2H3,(H,33,34). The van der Waals surface area contributed by atoms with Crippen molar-refractivity contribution in [2.24, 2.45) is 0 Å². The first-order chi connectivity index (χ1) is 17.9. The van der Waals surface area contributed by atoms with Crippen LogP contribution in [0.4, 0.5) is 10.1 Å². The summed E-state index contributed by atoms with van der Waals surface area (Å²) in [6.07, 6.45) is 5.11. The van der Waals surface area contributed by atoms with Crippen LogP contribution in [0.2, 0.25) is 5.02 Å². The molecule has 4 aromatic rings. The number of imidazole rings is 1. The van der Waals surface area contributed by atoms with Gasteiger partial charge in [0.05, 0.1) is 18.6 Å². The van der Waals surface area contributed by atoms with Crippen LogP contribution < -0.4 is 5.32 Å². The predicted molar refractivity (Wildman–Crippen MR) is 149 cm³/mol. The molecular formula is C29H28ClFN4OS. The molecule has 0 spiro atoms. The maximum Gasteiger partial charge on any atom is 0.254 e. The van der Waals surface area contributed by atoms with Gasteiger partial charge in [-0.15, -0.1) is 11.8 Å². The van der Waals surface area contributed by atoms with Crippen LogP contribution in [-0.4, -0.2) is 40.1 Å². The smallest absolute Gasteiger partial charge is 0.254 e. The van der Waals surface area contributed by atoms with Gasteiger partial charge < -0.3 is 15.2 Å². The summed E-state index contributed by atoms with van der Waals surface area (Å²) in [7, 11) is 0. The number of aryl methyl sites for hydroxylation is 1. The van der Waals surface area contributed by atoms with Crippen molar-refractivity contribution in [2.75, 3.05) is 24.7 Å². The van der Waals surface area contributed by atoms with Crippen molar-refractivity contribution in [3.8, 4) is 11.1 Å². The molecule has 5 rings (SSSR count). The van der Waals surface area contributed by atoms with E-state index in [4.69, 9.17) is 11.6 Å². The molecule has 190 valence electrons. The number of aromatic amines is 1. The summed E-state index contributed by atoms with van der Waals surface area (Å²) in [6.45, 7) is 3.78. The second-order valence-electron chi connectivity index (χ2n) is 9.14. The van der Waals surface area contributed by atoms with Crippen molar-refractivity contribution in [3.05, 3.63) is 99.8 Å². The van der Waals surface area contributed by atoms with Gasteiger partial charge in [-0.2, -0.15) is 0 Å². The van der Waals surface area contributed by atoms with E-state index in [1.807, 2.05) is 54.5 Å². The van der Waals surface area contributed by atoms with Gasteiger partial charge in [-0.25, -0.2) is 9.37 Å². The summed E-state index contributed by atoms with van der Waals surface area (Å²) >= 11 is 7.52. The summed E-state index contributed by atoms with van der Waals surface area (Å²) in [4.78, 5) is 24.0. The number of nitrogens with zero attached hydrogens (tertiary/aromatic N) is 2. The first-order valence-corrected chi connectivity index (χ1v) is 13.8. The number of carbonyl (C=O) groups excluding carboxylic acids is 1. The molecule has 0 saturated heterocycles. The van der Waals surface area contributed by atoms with Gasteiger partial charge in [-0.1, -0.05) is 29.8 Å². The molecule has 0 bridgehead atoms. The molecule has 1 aliphatic rings.